The van der Waals surface area contributed by atoms with Crippen LogP contribution < -0.4 is 4.74 Å². The number of fused-ring (bicyclic) bond motifs is 3. The van der Waals surface area contributed by atoms with E-state index in [1.54, 1.807) is 0 Å². The highest BCUT2D eigenvalue weighted by atomic mass is 16.5. The molecule has 0 amide bonds. The number of ether oxygens (including phenoxy) is 1. The van der Waals surface area contributed by atoms with E-state index in [1.165, 1.54) is 49.8 Å². The van der Waals surface area contributed by atoms with Gasteiger partial charge in [-0.05, 0) is 104 Å². The molecule has 7 aromatic rings. The second kappa shape index (κ2) is 12.6. The molecular formula is C42H42N4O. The van der Waals surface area contributed by atoms with Crippen LogP contribution in [-0.4, -0.2) is 19.3 Å². The van der Waals surface area contributed by atoms with E-state index in [1.807, 2.05) is 18.3 Å². The van der Waals surface area contributed by atoms with Crippen molar-refractivity contribution in [3.05, 3.63) is 131 Å². The van der Waals surface area contributed by atoms with Crippen molar-refractivity contribution < 1.29 is 4.74 Å². The Hall–Kier alpha value is -5.16. The van der Waals surface area contributed by atoms with Gasteiger partial charge in [-0.25, -0.2) is 9.67 Å². The Morgan fingerprint density at radius 1 is 0.617 bits per heavy atom. The number of para-hydroxylation sites is 1. The maximum atomic E-state index is 6.59. The summed E-state index contributed by atoms with van der Waals surface area (Å²) in [6.07, 6.45) is 5.61. The van der Waals surface area contributed by atoms with Crippen molar-refractivity contribution >= 4 is 21.8 Å². The molecule has 0 atom stereocenters. The number of pyridine rings is 1. The molecule has 0 unspecified atom stereocenters. The average Bonchev–Trinajstić information content (AvgIpc) is 3.63. The molecule has 0 radical (unpaired) electrons. The van der Waals surface area contributed by atoms with Crippen LogP contribution in [0.2, 0.25) is 0 Å². The molecule has 5 nitrogen and oxygen atoms in total. The van der Waals surface area contributed by atoms with E-state index in [4.69, 9.17) is 14.8 Å². The molecule has 0 saturated carbocycles. The topological polar surface area (TPSA) is 44.9 Å². The van der Waals surface area contributed by atoms with Crippen LogP contribution in [0.25, 0.3) is 44.4 Å². The Morgan fingerprint density at radius 2 is 1.36 bits per heavy atom. The zero-order valence-electron chi connectivity index (χ0n) is 28.3. The summed E-state index contributed by atoms with van der Waals surface area (Å²) in [7, 11) is 0. The Bertz CT molecular complexity index is 2230. The second-order valence-electron chi connectivity index (χ2n) is 12.4. The van der Waals surface area contributed by atoms with Crippen LogP contribution in [0.5, 0.6) is 11.5 Å². The lowest BCUT2D eigenvalue weighted by molar-refractivity contribution is 0.482. The predicted octanol–water partition coefficient (Wildman–Crippen LogP) is 10.7. The number of aryl methyl sites for hydroxylation is 5. The van der Waals surface area contributed by atoms with E-state index in [0.29, 0.717) is 0 Å². The predicted molar refractivity (Wildman–Crippen MR) is 195 cm³/mol. The number of rotatable bonds is 9. The van der Waals surface area contributed by atoms with Crippen molar-refractivity contribution in [1.82, 2.24) is 19.3 Å². The van der Waals surface area contributed by atoms with E-state index in [0.717, 1.165) is 65.4 Å². The third kappa shape index (κ3) is 5.40. The van der Waals surface area contributed by atoms with E-state index in [2.05, 4.69) is 130 Å². The normalized spacial score (nSPS) is 11.5. The molecule has 47 heavy (non-hydrogen) atoms. The molecule has 0 aliphatic heterocycles. The van der Waals surface area contributed by atoms with Gasteiger partial charge in [-0.1, -0.05) is 69.7 Å². The van der Waals surface area contributed by atoms with Crippen molar-refractivity contribution in [2.75, 3.05) is 0 Å². The first-order chi connectivity index (χ1) is 22.9. The van der Waals surface area contributed by atoms with Gasteiger partial charge >= 0.3 is 0 Å². The first-order valence-electron chi connectivity index (χ1n) is 16.9. The minimum atomic E-state index is 0.772. The zero-order valence-corrected chi connectivity index (χ0v) is 28.3. The molecule has 0 N–H and O–H groups in total. The van der Waals surface area contributed by atoms with Gasteiger partial charge in [0.25, 0.3) is 0 Å². The van der Waals surface area contributed by atoms with Crippen LogP contribution in [-0.2, 0) is 25.7 Å². The number of aromatic nitrogens is 4. The van der Waals surface area contributed by atoms with Crippen molar-refractivity contribution in [1.29, 1.82) is 0 Å². The molecular weight excluding hydrogens is 576 g/mol. The van der Waals surface area contributed by atoms with Crippen LogP contribution in [0.1, 0.15) is 61.3 Å². The van der Waals surface area contributed by atoms with Gasteiger partial charge in [0.2, 0.25) is 0 Å². The third-order valence-electron chi connectivity index (χ3n) is 9.25. The highest BCUT2D eigenvalue weighted by Gasteiger charge is 2.23. The molecule has 0 aliphatic carbocycles. The van der Waals surface area contributed by atoms with E-state index < -0.39 is 0 Å². The number of nitrogens with zero attached hydrogens (tertiary/aromatic N) is 4. The standard InChI is InChI=1S/C42H42N4O/c1-7-29-22-28(6)23-30(8-2)41(29)42-36(9-3)44-46(37(42)10-4)31-14-13-15-32(25-31)47-33-18-19-35-34-16-11-12-17-38(34)45(39(35)26-33)40-24-27(5)20-21-43-40/h11-26H,7-10H2,1-6H3. The first-order valence-corrected chi connectivity index (χ1v) is 16.9. The van der Waals surface area contributed by atoms with Crippen molar-refractivity contribution in [3.63, 3.8) is 0 Å². The van der Waals surface area contributed by atoms with Crippen molar-refractivity contribution in [2.45, 2.75) is 67.2 Å². The zero-order chi connectivity index (χ0) is 32.7. The first kappa shape index (κ1) is 30.5. The SMILES string of the molecule is CCc1cc(C)cc(CC)c1-c1c(CC)nn(-c2cccc(Oc3ccc4c5ccccc5n(-c5cc(C)ccn5)c4c3)c2)c1CC. The van der Waals surface area contributed by atoms with E-state index >= 15 is 0 Å². The summed E-state index contributed by atoms with van der Waals surface area (Å²) in [6, 6.07) is 32.0. The van der Waals surface area contributed by atoms with E-state index in [9.17, 15) is 0 Å². The van der Waals surface area contributed by atoms with Crippen LogP contribution >= 0.6 is 0 Å². The molecule has 4 aromatic carbocycles. The molecule has 0 aliphatic rings. The average molecular weight is 619 g/mol. The largest absolute Gasteiger partial charge is 0.457 e. The van der Waals surface area contributed by atoms with Crippen LogP contribution in [0, 0.1) is 13.8 Å². The maximum absolute atomic E-state index is 6.59. The van der Waals surface area contributed by atoms with Gasteiger partial charge in [0.1, 0.15) is 17.3 Å². The summed E-state index contributed by atoms with van der Waals surface area (Å²) in [5.74, 6) is 2.45. The summed E-state index contributed by atoms with van der Waals surface area (Å²) < 4.78 is 11.0. The van der Waals surface area contributed by atoms with Crippen LogP contribution in [0.3, 0.4) is 0 Å². The number of hydrogen-bond donors (Lipinski definition) is 0. The summed E-state index contributed by atoms with van der Waals surface area (Å²) in [4.78, 5) is 4.73. The lowest BCUT2D eigenvalue weighted by Gasteiger charge is -2.17. The van der Waals surface area contributed by atoms with Crippen molar-refractivity contribution in [2.24, 2.45) is 0 Å². The van der Waals surface area contributed by atoms with Gasteiger partial charge in [0.05, 0.1) is 28.1 Å². The lowest BCUT2D eigenvalue weighted by Crippen LogP contribution is -2.03. The second-order valence-corrected chi connectivity index (χ2v) is 12.4. The maximum Gasteiger partial charge on any atom is 0.137 e. The Labute approximate surface area is 277 Å². The summed E-state index contributed by atoms with van der Waals surface area (Å²) in [5.41, 5.74) is 13.5. The van der Waals surface area contributed by atoms with Crippen molar-refractivity contribution in [3.8, 4) is 34.1 Å². The van der Waals surface area contributed by atoms with Crippen LogP contribution in [0.15, 0.2) is 97.2 Å². The van der Waals surface area contributed by atoms with Gasteiger partial charge < -0.3 is 4.74 Å². The Morgan fingerprint density at radius 3 is 2.09 bits per heavy atom. The highest BCUT2D eigenvalue weighted by Crippen LogP contribution is 2.38. The fraction of sp³-hybridized carbons (Fsp3) is 0.238. The van der Waals surface area contributed by atoms with Gasteiger partial charge in [-0.3, -0.25) is 4.57 Å². The summed E-state index contributed by atoms with van der Waals surface area (Å²) in [6.45, 7) is 13.3. The molecule has 0 saturated heterocycles. The van der Waals surface area contributed by atoms with Crippen LogP contribution in [0.4, 0.5) is 0 Å². The summed E-state index contributed by atoms with van der Waals surface area (Å²) in [5, 5.41) is 7.60. The third-order valence-corrected chi connectivity index (χ3v) is 9.25. The molecule has 0 bridgehead atoms. The minimum absolute atomic E-state index is 0.772. The molecule has 5 heteroatoms. The fourth-order valence-electron chi connectivity index (χ4n) is 7.12. The lowest BCUT2D eigenvalue weighted by atomic mass is 9.88. The molecule has 0 fully saturated rings. The molecule has 236 valence electrons. The van der Waals surface area contributed by atoms with Gasteiger partial charge in [0, 0.05) is 34.7 Å². The van der Waals surface area contributed by atoms with Gasteiger partial charge in [0.15, 0.2) is 0 Å². The highest BCUT2D eigenvalue weighted by molar-refractivity contribution is 6.09. The smallest absolute Gasteiger partial charge is 0.137 e. The molecule has 3 heterocycles. The molecule has 0 spiro atoms. The van der Waals surface area contributed by atoms with E-state index in [-0.39, 0.29) is 0 Å². The minimum Gasteiger partial charge on any atom is -0.457 e. The molecule has 7 rings (SSSR count). The number of hydrogen-bond acceptors (Lipinski definition) is 3. The monoisotopic (exact) mass is 618 g/mol. The van der Waals surface area contributed by atoms with Gasteiger partial charge in [-0.15, -0.1) is 0 Å². The molecule has 3 aromatic heterocycles. The Kier molecular flexibility index (Phi) is 8.15. The summed E-state index contributed by atoms with van der Waals surface area (Å²) >= 11 is 0. The Balaban J connectivity index is 1.31. The fourth-order valence-corrected chi connectivity index (χ4v) is 7.12. The number of benzene rings is 4. The quantitative estimate of drug-likeness (QED) is 0.162. The van der Waals surface area contributed by atoms with Gasteiger partial charge in [-0.2, -0.15) is 5.10 Å².